The van der Waals surface area contributed by atoms with Gasteiger partial charge in [-0.15, -0.1) is 0 Å². The molecule has 1 aromatic carbocycles. The molecule has 1 saturated carbocycles. The van der Waals surface area contributed by atoms with Crippen molar-refractivity contribution in [1.82, 2.24) is 10.2 Å². The summed E-state index contributed by atoms with van der Waals surface area (Å²) in [5.74, 6) is 0. The predicted octanol–water partition coefficient (Wildman–Crippen LogP) is 1.51. The zero-order chi connectivity index (χ0) is 17.7. The minimum Gasteiger partial charge on any atom is -0.445 e. The summed E-state index contributed by atoms with van der Waals surface area (Å²) in [5, 5.41) is 22.4. The second kappa shape index (κ2) is 8.17. The van der Waals surface area contributed by atoms with Gasteiger partial charge in [-0.3, -0.25) is 0 Å². The number of likely N-dealkylation sites (tertiary alicyclic amines) is 1. The third-order valence-electron chi connectivity index (χ3n) is 5.51. The van der Waals surface area contributed by atoms with Crippen LogP contribution in [0.3, 0.4) is 0 Å². The van der Waals surface area contributed by atoms with Crippen molar-refractivity contribution >= 4 is 6.09 Å². The van der Waals surface area contributed by atoms with Gasteiger partial charge in [0.15, 0.2) is 0 Å². The highest BCUT2D eigenvalue weighted by atomic mass is 16.5. The van der Waals surface area contributed by atoms with Crippen molar-refractivity contribution in [3.05, 3.63) is 35.9 Å². The summed E-state index contributed by atoms with van der Waals surface area (Å²) in [4.78, 5) is 14.1. The molecule has 2 atom stereocenters. The van der Waals surface area contributed by atoms with Crippen molar-refractivity contribution in [3.63, 3.8) is 0 Å². The van der Waals surface area contributed by atoms with Crippen LogP contribution in [-0.4, -0.2) is 59.6 Å². The fourth-order valence-corrected chi connectivity index (χ4v) is 3.50. The van der Waals surface area contributed by atoms with Gasteiger partial charge in [-0.1, -0.05) is 30.3 Å². The Morgan fingerprint density at radius 1 is 1.32 bits per heavy atom. The molecule has 1 aromatic rings. The van der Waals surface area contributed by atoms with Gasteiger partial charge in [0.05, 0.1) is 18.8 Å². The molecule has 1 unspecified atom stereocenters. The molecule has 3 N–H and O–H groups in total. The first-order valence-corrected chi connectivity index (χ1v) is 9.10. The quantitative estimate of drug-likeness (QED) is 0.696. The molecule has 3 rings (SSSR count). The highest BCUT2D eigenvalue weighted by Gasteiger charge is 2.51. The van der Waals surface area contributed by atoms with Gasteiger partial charge >= 0.3 is 6.09 Å². The van der Waals surface area contributed by atoms with Crippen molar-refractivity contribution in [3.8, 4) is 0 Å². The largest absolute Gasteiger partial charge is 0.445 e. The zero-order valence-corrected chi connectivity index (χ0v) is 14.6. The van der Waals surface area contributed by atoms with Crippen molar-refractivity contribution in [2.24, 2.45) is 5.41 Å². The Bertz CT molecular complexity index is 562. The SMILES string of the molecule is O=C(N[C@H](CO)CCN1CCC2(CC2)C(O)C1)OCc1ccccc1. The molecule has 0 aromatic heterocycles. The summed E-state index contributed by atoms with van der Waals surface area (Å²) in [6.07, 6.45) is 3.23. The molecule has 138 valence electrons. The molecule has 1 spiro atoms. The van der Waals surface area contributed by atoms with E-state index in [4.69, 9.17) is 4.74 Å². The third-order valence-corrected chi connectivity index (χ3v) is 5.51. The lowest BCUT2D eigenvalue weighted by Crippen LogP contribution is -2.47. The van der Waals surface area contributed by atoms with Crippen LogP contribution < -0.4 is 5.32 Å². The van der Waals surface area contributed by atoms with Crippen LogP contribution in [0.25, 0.3) is 0 Å². The fourth-order valence-electron chi connectivity index (χ4n) is 3.50. The van der Waals surface area contributed by atoms with E-state index in [9.17, 15) is 15.0 Å². The number of hydrogen-bond acceptors (Lipinski definition) is 5. The molecule has 2 fully saturated rings. The molecular formula is C19H28N2O4. The number of nitrogens with zero attached hydrogens (tertiary/aromatic N) is 1. The number of piperidine rings is 1. The average Bonchev–Trinajstić information content (AvgIpc) is 3.41. The standard InChI is InChI=1S/C19H28N2O4/c22-13-16(20-18(24)25-14-15-4-2-1-3-5-15)6-10-21-11-9-19(7-8-19)17(23)12-21/h1-5,16-17,22-23H,6-14H2,(H,20,24)/t16-,17?/m0/s1. The summed E-state index contributed by atoms with van der Waals surface area (Å²) in [5.41, 5.74) is 1.13. The minimum absolute atomic E-state index is 0.124. The highest BCUT2D eigenvalue weighted by Crippen LogP contribution is 2.53. The van der Waals surface area contributed by atoms with Gasteiger partial charge < -0.3 is 25.2 Å². The number of ether oxygens (including phenoxy) is 1. The van der Waals surface area contributed by atoms with Crippen LogP contribution in [0.4, 0.5) is 4.79 Å². The van der Waals surface area contributed by atoms with E-state index in [1.165, 1.54) is 0 Å². The molecule has 0 radical (unpaired) electrons. The van der Waals surface area contributed by atoms with E-state index < -0.39 is 6.09 Å². The predicted molar refractivity (Wildman–Crippen MR) is 94.0 cm³/mol. The number of rotatable bonds is 7. The van der Waals surface area contributed by atoms with Crippen LogP contribution in [0, 0.1) is 5.41 Å². The minimum atomic E-state index is -0.515. The Hall–Kier alpha value is -1.63. The van der Waals surface area contributed by atoms with E-state index in [0.29, 0.717) is 13.0 Å². The summed E-state index contributed by atoms with van der Waals surface area (Å²) in [6.45, 7) is 2.51. The number of aliphatic hydroxyl groups is 2. The normalized spacial score (nSPS) is 23.2. The van der Waals surface area contributed by atoms with Crippen LogP contribution in [0.15, 0.2) is 30.3 Å². The number of hydrogen-bond donors (Lipinski definition) is 3. The number of carbonyl (C=O) groups excluding carboxylic acids is 1. The first kappa shape index (κ1) is 18.2. The molecule has 6 heteroatoms. The average molecular weight is 348 g/mol. The van der Waals surface area contributed by atoms with Crippen molar-refractivity contribution in [1.29, 1.82) is 0 Å². The zero-order valence-electron chi connectivity index (χ0n) is 14.6. The number of amides is 1. The third kappa shape index (κ3) is 4.93. The number of alkyl carbamates (subject to hydrolysis) is 1. The lowest BCUT2D eigenvalue weighted by molar-refractivity contribution is 0.00668. The van der Waals surface area contributed by atoms with Gasteiger partial charge in [0.25, 0.3) is 0 Å². The molecule has 0 bridgehead atoms. The molecule has 1 aliphatic heterocycles. The van der Waals surface area contributed by atoms with Crippen LogP contribution >= 0.6 is 0 Å². The second-order valence-electron chi connectivity index (χ2n) is 7.30. The Morgan fingerprint density at radius 3 is 2.72 bits per heavy atom. The summed E-state index contributed by atoms with van der Waals surface area (Å²) in [6, 6.07) is 9.15. The summed E-state index contributed by atoms with van der Waals surface area (Å²) >= 11 is 0. The molecule has 2 aliphatic rings. The smallest absolute Gasteiger partial charge is 0.407 e. The van der Waals surface area contributed by atoms with Gasteiger partial charge in [-0.05, 0) is 43.2 Å². The lowest BCUT2D eigenvalue weighted by atomic mass is 9.90. The first-order chi connectivity index (χ1) is 12.1. The van der Waals surface area contributed by atoms with Crippen LogP contribution in [0.1, 0.15) is 31.2 Å². The van der Waals surface area contributed by atoms with Gasteiger partial charge in [-0.25, -0.2) is 4.79 Å². The fraction of sp³-hybridized carbons (Fsp3) is 0.632. The molecule has 6 nitrogen and oxygen atoms in total. The molecule has 25 heavy (non-hydrogen) atoms. The lowest BCUT2D eigenvalue weighted by Gasteiger charge is -2.36. The number of aliphatic hydroxyl groups excluding tert-OH is 2. The Balaban J connectivity index is 1.36. The van der Waals surface area contributed by atoms with Crippen LogP contribution in [-0.2, 0) is 11.3 Å². The number of benzene rings is 1. The van der Waals surface area contributed by atoms with Crippen molar-refractivity contribution < 1.29 is 19.7 Å². The molecule has 1 saturated heterocycles. The first-order valence-electron chi connectivity index (χ1n) is 9.10. The Morgan fingerprint density at radius 2 is 2.08 bits per heavy atom. The Kier molecular flexibility index (Phi) is 5.93. The van der Waals surface area contributed by atoms with Crippen molar-refractivity contribution in [2.75, 3.05) is 26.2 Å². The van der Waals surface area contributed by atoms with Gasteiger partial charge in [0.2, 0.25) is 0 Å². The number of carbonyl (C=O) groups is 1. The van der Waals surface area contributed by atoms with E-state index in [0.717, 1.165) is 37.9 Å². The van der Waals surface area contributed by atoms with E-state index >= 15 is 0 Å². The molecule has 1 heterocycles. The van der Waals surface area contributed by atoms with Gasteiger partial charge in [0.1, 0.15) is 6.61 Å². The topological polar surface area (TPSA) is 82.0 Å². The summed E-state index contributed by atoms with van der Waals surface area (Å²) in [7, 11) is 0. The maximum absolute atomic E-state index is 11.9. The number of nitrogens with one attached hydrogen (secondary N) is 1. The van der Waals surface area contributed by atoms with Crippen LogP contribution in [0.5, 0.6) is 0 Å². The molecule has 1 aliphatic carbocycles. The van der Waals surface area contributed by atoms with Crippen LogP contribution in [0.2, 0.25) is 0 Å². The van der Waals surface area contributed by atoms with E-state index in [1.807, 2.05) is 30.3 Å². The van der Waals surface area contributed by atoms with Gasteiger partial charge in [-0.2, -0.15) is 0 Å². The second-order valence-corrected chi connectivity index (χ2v) is 7.30. The molecular weight excluding hydrogens is 320 g/mol. The van der Waals surface area contributed by atoms with E-state index in [1.54, 1.807) is 0 Å². The van der Waals surface area contributed by atoms with Gasteiger partial charge in [0, 0.05) is 13.1 Å². The van der Waals surface area contributed by atoms with E-state index in [-0.39, 0.29) is 30.8 Å². The maximum atomic E-state index is 11.9. The van der Waals surface area contributed by atoms with Crippen molar-refractivity contribution in [2.45, 2.75) is 44.4 Å². The molecule has 1 amide bonds. The highest BCUT2D eigenvalue weighted by molar-refractivity contribution is 5.67. The van der Waals surface area contributed by atoms with E-state index in [2.05, 4.69) is 10.2 Å². The Labute approximate surface area is 148 Å². The summed E-state index contributed by atoms with van der Waals surface area (Å²) < 4.78 is 5.19. The monoisotopic (exact) mass is 348 g/mol. The number of β-amino-alcohol motifs (C(OH)–C–C–N with tert-alkyl or cyclic N) is 1. The maximum Gasteiger partial charge on any atom is 0.407 e.